The Bertz CT molecular complexity index is 1420. The van der Waals surface area contributed by atoms with Crippen molar-refractivity contribution in [3.63, 3.8) is 0 Å². The number of likely N-dealkylation sites (tertiary alicyclic amines) is 1. The maximum Gasteiger partial charge on any atom is 0.410 e. The second-order valence-electron chi connectivity index (χ2n) is 12.8. The fourth-order valence-corrected chi connectivity index (χ4v) is 6.83. The second kappa shape index (κ2) is 14.9. The van der Waals surface area contributed by atoms with Crippen molar-refractivity contribution in [2.75, 3.05) is 20.2 Å². The van der Waals surface area contributed by atoms with Crippen molar-refractivity contribution in [2.45, 2.75) is 96.4 Å². The number of likely N-dealkylation sites (N-methyl/N-ethyl adjacent to an activating group) is 1. The zero-order chi connectivity index (χ0) is 32.7. The highest BCUT2D eigenvalue weighted by molar-refractivity contribution is 7.13. The van der Waals surface area contributed by atoms with Gasteiger partial charge in [-0.2, -0.15) is 0 Å². The lowest BCUT2D eigenvalue weighted by Gasteiger charge is -2.36. The SMILES string of the molecule is C#CCOc1cccc(C(=O)c2cnc([C@@H]3CCCN3C(=O)C(NC(=O)[C@H](C)N(C)C(=O)OC(C)(C)C)C3CCCCC3)s2)c1. The molecule has 1 aromatic heterocycles. The van der Waals surface area contributed by atoms with Crippen LogP contribution < -0.4 is 10.1 Å². The van der Waals surface area contributed by atoms with Crippen LogP contribution >= 0.6 is 11.3 Å². The number of ketones is 1. The highest BCUT2D eigenvalue weighted by atomic mass is 32.1. The smallest absolute Gasteiger partial charge is 0.410 e. The molecule has 1 saturated heterocycles. The summed E-state index contributed by atoms with van der Waals surface area (Å²) in [5, 5.41) is 3.71. The molecule has 1 saturated carbocycles. The number of thiazole rings is 1. The maximum absolute atomic E-state index is 14.3. The normalized spacial score (nSPS) is 18.4. The van der Waals surface area contributed by atoms with Gasteiger partial charge in [0.2, 0.25) is 17.6 Å². The van der Waals surface area contributed by atoms with E-state index in [0.717, 1.165) is 38.5 Å². The third-order valence-corrected chi connectivity index (χ3v) is 9.41. The molecule has 0 radical (unpaired) electrons. The molecule has 1 N–H and O–H groups in total. The maximum atomic E-state index is 14.3. The first-order valence-corrected chi connectivity index (χ1v) is 16.4. The van der Waals surface area contributed by atoms with Crippen molar-refractivity contribution in [3.8, 4) is 18.1 Å². The van der Waals surface area contributed by atoms with Crippen LogP contribution in [0.3, 0.4) is 0 Å². The number of carbonyl (C=O) groups is 4. The van der Waals surface area contributed by atoms with Gasteiger partial charge >= 0.3 is 6.09 Å². The van der Waals surface area contributed by atoms with Gasteiger partial charge in [-0.3, -0.25) is 19.3 Å². The summed E-state index contributed by atoms with van der Waals surface area (Å²) >= 11 is 1.28. The molecule has 3 atom stereocenters. The summed E-state index contributed by atoms with van der Waals surface area (Å²) in [6, 6.07) is 5.00. The van der Waals surface area contributed by atoms with Gasteiger partial charge in [-0.25, -0.2) is 9.78 Å². The van der Waals surface area contributed by atoms with Gasteiger partial charge in [-0.15, -0.1) is 17.8 Å². The molecule has 2 fully saturated rings. The largest absolute Gasteiger partial charge is 0.481 e. The molecule has 1 aliphatic heterocycles. The molecule has 1 unspecified atom stereocenters. The van der Waals surface area contributed by atoms with Crippen LogP contribution in [-0.2, 0) is 14.3 Å². The number of nitrogens with zero attached hydrogens (tertiary/aromatic N) is 3. The number of rotatable bonds is 10. The summed E-state index contributed by atoms with van der Waals surface area (Å²) in [5.74, 6) is 2.19. The minimum atomic E-state index is -0.837. The Morgan fingerprint density at radius 3 is 2.58 bits per heavy atom. The second-order valence-corrected chi connectivity index (χ2v) is 13.8. The van der Waals surface area contributed by atoms with E-state index in [9.17, 15) is 19.2 Å². The Labute approximate surface area is 269 Å². The van der Waals surface area contributed by atoms with Crippen molar-refractivity contribution < 1.29 is 28.7 Å². The molecule has 10 nitrogen and oxygen atoms in total. The summed E-state index contributed by atoms with van der Waals surface area (Å²) in [6.07, 6.45) is 12.5. The summed E-state index contributed by atoms with van der Waals surface area (Å²) < 4.78 is 10.9. The van der Waals surface area contributed by atoms with Gasteiger partial charge in [0.15, 0.2) is 0 Å². The molecule has 0 bridgehead atoms. The number of hydrogen-bond acceptors (Lipinski definition) is 8. The third kappa shape index (κ3) is 8.63. The molecule has 2 aromatic rings. The minimum absolute atomic E-state index is 0.00659. The number of benzene rings is 1. The zero-order valence-corrected chi connectivity index (χ0v) is 27.7. The number of nitrogens with one attached hydrogen (secondary N) is 1. The zero-order valence-electron chi connectivity index (χ0n) is 26.8. The van der Waals surface area contributed by atoms with Gasteiger partial charge in [-0.05, 0) is 71.4 Å². The van der Waals surface area contributed by atoms with Crippen LogP contribution in [0.5, 0.6) is 5.75 Å². The Hall–Kier alpha value is -3.91. The Kier molecular flexibility index (Phi) is 11.3. The topological polar surface area (TPSA) is 118 Å². The average Bonchev–Trinajstić information content (AvgIpc) is 3.71. The molecule has 2 aliphatic rings. The molecule has 242 valence electrons. The summed E-state index contributed by atoms with van der Waals surface area (Å²) in [5.41, 5.74) is -0.238. The van der Waals surface area contributed by atoms with Gasteiger partial charge < -0.3 is 19.7 Å². The van der Waals surface area contributed by atoms with Crippen LogP contribution in [0.25, 0.3) is 0 Å². The van der Waals surface area contributed by atoms with Gasteiger partial charge in [0.25, 0.3) is 0 Å². The van der Waals surface area contributed by atoms with Gasteiger partial charge in [0.05, 0.1) is 10.9 Å². The number of terminal acetylenes is 1. The van der Waals surface area contributed by atoms with Crippen LogP contribution in [0.2, 0.25) is 0 Å². The minimum Gasteiger partial charge on any atom is -0.481 e. The van der Waals surface area contributed by atoms with Crippen LogP contribution in [0, 0.1) is 18.3 Å². The van der Waals surface area contributed by atoms with Crippen LogP contribution in [0.4, 0.5) is 4.79 Å². The van der Waals surface area contributed by atoms with E-state index in [1.807, 2.05) is 4.90 Å². The van der Waals surface area contributed by atoms with Crippen molar-refractivity contribution in [1.29, 1.82) is 0 Å². The monoisotopic (exact) mass is 636 g/mol. The standard InChI is InChI=1S/C34H44N4O6S/c1-7-19-43-25-16-11-15-24(20-25)29(39)27-21-35-31(45-27)26-17-12-18-38(26)32(41)28(23-13-9-8-10-14-23)36-30(40)22(2)37(6)33(42)44-34(3,4)5/h1,11,15-16,20-23,26,28H,8-10,12-14,17-19H2,2-6H3,(H,36,40)/t22-,26-,28?/m0/s1. The highest BCUT2D eigenvalue weighted by Gasteiger charge is 2.41. The third-order valence-electron chi connectivity index (χ3n) is 8.31. The van der Waals surface area contributed by atoms with Gasteiger partial charge in [-0.1, -0.05) is 37.3 Å². The van der Waals surface area contributed by atoms with E-state index in [1.54, 1.807) is 58.2 Å². The Morgan fingerprint density at radius 1 is 1.16 bits per heavy atom. The molecule has 0 spiro atoms. The molecule has 4 rings (SSSR count). The van der Waals surface area contributed by atoms with E-state index in [4.69, 9.17) is 15.9 Å². The Morgan fingerprint density at radius 2 is 1.89 bits per heavy atom. The summed E-state index contributed by atoms with van der Waals surface area (Å²) in [6.45, 7) is 7.58. The van der Waals surface area contributed by atoms with E-state index in [2.05, 4.69) is 16.2 Å². The fraction of sp³-hybridized carbons (Fsp3) is 0.559. The fourth-order valence-electron chi connectivity index (χ4n) is 5.80. The lowest BCUT2D eigenvalue weighted by atomic mass is 9.83. The highest BCUT2D eigenvalue weighted by Crippen LogP contribution is 2.37. The number of hydrogen-bond donors (Lipinski definition) is 1. The van der Waals surface area contributed by atoms with Gasteiger partial charge in [0, 0.05) is 25.4 Å². The lowest BCUT2D eigenvalue weighted by Crippen LogP contribution is -2.56. The number of carbonyl (C=O) groups excluding carboxylic acids is 4. The summed E-state index contributed by atoms with van der Waals surface area (Å²) in [4.78, 5) is 61.8. The number of amides is 3. The Balaban J connectivity index is 1.50. The molecule has 3 amide bonds. The first-order valence-electron chi connectivity index (χ1n) is 15.6. The van der Waals surface area contributed by atoms with E-state index in [-0.39, 0.29) is 30.3 Å². The molecular formula is C34H44N4O6S. The predicted molar refractivity (Wildman–Crippen MR) is 172 cm³/mol. The van der Waals surface area contributed by atoms with Crippen molar-refractivity contribution in [1.82, 2.24) is 20.1 Å². The molecule has 2 heterocycles. The lowest BCUT2D eigenvalue weighted by molar-refractivity contribution is -0.140. The quantitative estimate of drug-likeness (QED) is 0.275. The van der Waals surface area contributed by atoms with Crippen LogP contribution in [0.15, 0.2) is 30.5 Å². The molecule has 1 aromatic carbocycles. The summed E-state index contributed by atoms with van der Waals surface area (Å²) in [7, 11) is 1.52. The van der Waals surface area contributed by atoms with E-state index < -0.39 is 29.7 Å². The van der Waals surface area contributed by atoms with Crippen molar-refractivity contribution >= 4 is 35.0 Å². The van der Waals surface area contributed by atoms with Crippen LogP contribution in [0.1, 0.15) is 98.9 Å². The van der Waals surface area contributed by atoms with Gasteiger partial charge in [0.1, 0.15) is 35.0 Å². The van der Waals surface area contributed by atoms with E-state index in [0.29, 0.717) is 34.2 Å². The van der Waals surface area contributed by atoms with Crippen LogP contribution in [-0.4, -0.2) is 76.4 Å². The number of ether oxygens (including phenoxy) is 2. The molecule has 11 heteroatoms. The van der Waals surface area contributed by atoms with Crippen molar-refractivity contribution in [2.24, 2.45) is 5.92 Å². The first-order chi connectivity index (χ1) is 21.4. The average molecular weight is 637 g/mol. The number of aromatic nitrogens is 1. The van der Waals surface area contributed by atoms with E-state index in [1.165, 1.54) is 23.3 Å². The molecule has 45 heavy (non-hydrogen) atoms. The van der Waals surface area contributed by atoms with E-state index >= 15 is 0 Å². The predicted octanol–water partition coefficient (Wildman–Crippen LogP) is 5.37. The molecular weight excluding hydrogens is 592 g/mol. The van der Waals surface area contributed by atoms with Crippen molar-refractivity contribution in [3.05, 3.63) is 45.9 Å². The first kappa shape index (κ1) is 34.0. The molecule has 1 aliphatic carbocycles.